The van der Waals surface area contributed by atoms with Gasteiger partial charge in [0.2, 0.25) is 11.8 Å². The van der Waals surface area contributed by atoms with E-state index in [1.165, 1.54) is 21.8 Å². The van der Waals surface area contributed by atoms with E-state index in [1.54, 1.807) is 48.5 Å². The molecule has 4 aromatic carbocycles. The lowest BCUT2D eigenvalue weighted by atomic mass is 9.95. The predicted molar refractivity (Wildman–Crippen MR) is 188 cm³/mol. The van der Waals surface area contributed by atoms with Gasteiger partial charge < -0.3 is 14.5 Å². The molecular formula is C37H32BrN5O6. The predicted octanol–water partition coefficient (Wildman–Crippen LogP) is 6.35. The molecule has 6 rings (SSSR count). The first-order valence-electron chi connectivity index (χ1n) is 15.4. The lowest BCUT2D eigenvalue weighted by molar-refractivity contribution is -0.128. The minimum absolute atomic E-state index is 0.248. The van der Waals surface area contributed by atoms with Crippen molar-refractivity contribution in [1.29, 1.82) is 0 Å². The number of ether oxygens (including phenoxy) is 1. The third-order valence-electron chi connectivity index (χ3n) is 7.59. The molecule has 2 aromatic heterocycles. The van der Waals surface area contributed by atoms with Gasteiger partial charge in [-0.2, -0.15) is 0 Å². The van der Waals surface area contributed by atoms with Crippen molar-refractivity contribution < 1.29 is 23.5 Å². The zero-order valence-corrected chi connectivity index (χ0v) is 28.5. The molecule has 2 heterocycles. The summed E-state index contributed by atoms with van der Waals surface area (Å²) in [6.07, 6.45) is 1.47. The van der Waals surface area contributed by atoms with Crippen LogP contribution in [0.15, 0.2) is 117 Å². The number of aromatic nitrogens is 3. The van der Waals surface area contributed by atoms with Crippen LogP contribution in [0, 0.1) is 0 Å². The normalized spacial score (nSPS) is 12.1. The molecule has 49 heavy (non-hydrogen) atoms. The van der Waals surface area contributed by atoms with Gasteiger partial charge in [0, 0.05) is 21.1 Å². The summed E-state index contributed by atoms with van der Waals surface area (Å²) in [5.41, 5.74) is 0.103. The Labute approximate surface area is 289 Å². The van der Waals surface area contributed by atoms with Gasteiger partial charge in [-0.05, 0) is 73.5 Å². The fourth-order valence-electron chi connectivity index (χ4n) is 5.48. The Morgan fingerprint density at radius 1 is 0.939 bits per heavy atom. The molecule has 1 N–H and O–H groups in total. The van der Waals surface area contributed by atoms with Gasteiger partial charge in [-0.15, -0.1) is 5.10 Å². The standard InChI is InChI=1S/C37H32BrN5O6/c1-37(2,3)39-34(45)33(29-13-8-11-23-9-4-6-12-28(23)29)43(27-17-15-25(38)16-18-27)32(44)21-42-20-26(40-41-42)22-48-35(46)30-19-24-10-5-7-14-31(24)49-36(30)47/h4-20,33H,21-22H2,1-3H3,(H,39,45). The molecule has 0 aliphatic heterocycles. The van der Waals surface area contributed by atoms with Crippen molar-refractivity contribution in [3.63, 3.8) is 0 Å². The summed E-state index contributed by atoms with van der Waals surface area (Å²) in [6, 6.07) is 27.7. The highest BCUT2D eigenvalue weighted by Crippen LogP contribution is 2.34. The van der Waals surface area contributed by atoms with E-state index in [9.17, 15) is 19.2 Å². The third kappa shape index (κ3) is 7.60. The maximum atomic E-state index is 14.3. The Morgan fingerprint density at radius 3 is 2.39 bits per heavy atom. The smallest absolute Gasteiger partial charge is 0.351 e. The van der Waals surface area contributed by atoms with Gasteiger partial charge in [0.05, 0.1) is 6.20 Å². The highest BCUT2D eigenvalue weighted by atomic mass is 79.9. The van der Waals surface area contributed by atoms with E-state index >= 15 is 0 Å². The zero-order valence-electron chi connectivity index (χ0n) is 26.9. The molecule has 0 radical (unpaired) electrons. The van der Waals surface area contributed by atoms with Crippen molar-refractivity contribution >= 4 is 61.1 Å². The first-order chi connectivity index (χ1) is 23.5. The average Bonchev–Trinajstić information content (AvgIpc) is 3.52. The molecule has 0 aliphatic rings. The number of para-hydroxylation sites is 1. The number of carbonyl (C=O) groups excluding carboxylic acids is 3. The number of nitrogens with zero attached hydrogens (tertiary/aromatic N) is 4. The number of anilines is 1. The summed E-state index contributed by atoms with van der Waals surface area (Å²) in [5, 5.41) is 13.5. The molecular weight excluding hydrogens is 690 g/mol. The summed E-state index contributed by atoms with van der Waals surface area (Å²) < 4.78 is 12.7. The van der Waals surface area contributed by atoms with E-state index in [1.807, 2.05) is 63.2 Å². The quantitative estimate of drug-likeness (QED) is 0.135. The molecule has 2 amide bonds. The van der Waals surface area contributed by atoms with Gasteiger partial charge in [0.1, 0.15) is 36.0 Å². The molecule has 11 nitrogen and oxygen atoms in total. The Morgan fingerprint density at radius 2 is 1.63 bits per heavy atom. The van der Waals surface area contributed by atoms with E-state index in [-0.39, 0.29) is 30.3 Å². The number of fused-ring (bicyclic) bond motifs is 2. The van der Waals surface area contributed by atoms with E-state index < -0.39 is 29.1 Å². The number of hydrogen-bond donors (Lipinski definition) is 1. The number of halogens is 1. The third-order valence-corrected chi connectivity index (χ3v) is 8.12. The molecule has 248 valence electrons. The van der Waals surface area contributed by atoms with E-state index in [0.29, 0.717) is 22.2 Å². The summed E-state index contributed by atoms with van der Waals surface area (Å²) in [6.45, 7) is 5.06. The van der Waals surface area contributed by atoms with Gasteiger partial charge >= 0.3 is 11.6 Å². The second-order valence-corrected chi connectivity index (χ2v) is 13.3. The summed E-state index contributed by atoms with van der Waals surface area (Å²) in [5.74, 6) is -1.68. The molecule has 1 unspecified atom stereocenters. The fourth-order valence-corrected chi connectivity index (χ4v) is 5.75. The molecule has 0 aliphatic carbocycles. The summed E-state index contributed by atoms with van der Waals surface area (Å²) >= 11 is 3.46. The molecule has 1 atom stereocenters. The zero-order chi connectivity index (χ0) is 34.7. The second kappa shape index (κ2) is 13.9. The minimum atomic E-state index is -1.04. The maximum absolute atomic E-state index is 14.3. The van der Waals surface area contributed by atoms with Crippen LogP contribution >= 0.6 is 15.9 Å². The van der Waals surface area contributed by atoms with Crippen LogP contribution in [-0.4, -0.2) is 38.3 Å². The van der Waals surface area contributed by atoms with Crippen molar-refractivity contribution in [1.82, 2.24) is 20.3 Å². The first-order valence-corrected chi connectivity index (χ1v) is 16.2. The SMILES string of the molecule is CC(C)(C)NC(=O)C(c1cccc2ccccc12)N(C(=O)Cn1cc(COC(=O)c2cc3ccccc3oc2=O)nn1)c1ccc(Br)cc1. The highest BCUT2D eigenvalue weighted by molar-refractivity contribution is 9.10. The van der Waals surface area contributed by atoms with Crippen molar-refractivity contribution in [2.45, 2.75) is 45.5 Å². The monoisotopic (exact) mass is 721 g/mol. The van der Waals surface area contributed by atoms with Gasteiger partial charge in [-0.3, -0.25) is 14.5 Å². The molecule has 0 fully saturated rings. The summed E-state index contributed by atoms with van der Waals surface area (Å²) in [7, 11) is 0. The fraction of sp³-hybridized carbons (Fsp3) is 0.189. The number of esters is 1. The molecule has 6 aromatic rings. The maximum Gasteiger partial charge on any atom is 0.351 e. The second-order valence-electron chi connectivity index (χ2n) is 12.4. The van der Waals surface area contributed by atoms with Gasteiger partial charge in [0.15, 0.2) is 0 Å². The van der Waals surface area contributed by atoms with Crippen molar-refractivity contribution in [2.24, 2.45) is 0 Å². The topological polar surface area (TPSA) is 137 Å². The minimum Gasteiger partial charge on any atom is -0.455 e. The molecule has 0 bridgehead atoms. The molecule has 0 spiro atoms. The Kier molecular flexibility index (Phi) is 9.41. The molecule has 0 saturated heterocycles. The number of hydrogen-bond acceptors (Lipinski definition) is 8. The summed E-state index contributed by atoms with van der Waals surface area (Å²) in [4.78, 5) is 55.1. The van der Waals surface area contributed by atoms with Crippen molar-refractivity contribution in [3.8, 4) is 0 Å². The van der Waals surface area contributed by atoms with Crippen LogP contribution in [-0.2, 0) is 27.5 Å². The molecule has 0 saturated carbocycles. The lowest BCUT2D eigenvalue weighted by Gasteiger charge is -2.34. The van der Waals surface area contributed by atoms with Crippen LogP contribution in [0.2, 0.25) is 0 Å². The van der Waals surface area contributed by atoms with Crippen LogP contribution < -0.4 is 15.8 Å². The number of benzene rings is 4. The highest BCUT2D eigenvalue weighted by Gasteiger charge is 2.35. The van der Waals surface area contributed by atoms with Crippen LogP contribution in [0.25, 0.3) is 21.7 Å². The average molecular weight is 723 g/mol. The number of carbonyl (C=O) groups is 3. The van der Waals surface area contributed by atoms with Gasteiger partial charge in [-0.25, -0.2) is 14.3 Å². The van der Waals surface area contributed by atoms with Crippen LogP contribution in [0.4, 0.5) is 5.69 Å². The van der Waals surface area contributed by atoms with E-state index in [2.05, 4.69) is 31.6 Å². The first kappa shape index (κ1) is 33.3. The van der Waals surface area contributed by atoms with Crippen LogP contribution in [0.3, 0.4) is 0 Å². The van der Waals surface area contributed by atoms with Crippen LogP contribution in [0.1, 0.15) is 48.4 Å². The van der Waals surface area contributed by atoms with Crippen LogP contribution in [0.5, 0.6) is 0 Å². The number of rotatable bonds is 9. The number of nitrogens with one attached hydrogen (secondary N) is 1. The Balaban J connectivity index is 1.29. The largest absolute Gasteiger partial charge is 0.455 e. The Hall–Kier alpha value is -5.62. The van der Waals surface area contributed by atoms with Crippen molar-refractivity contribution in [2.75, 3.05) is 4.90 Å². The Bertz CT molecular complexity index is 2230. The van der Waals surface area contributed by atoms with Gasteiger partial charge in [0.25, 0.3) is 0 Å². The van der Waals surface area contributed by atoms with Gasteiger partial charge in [-0.1, -0.05) is 81.8 Å². The lowest BCUT2D eigenvalue weighted by Crippen LogP contribution is -2.50. The van der Waals surface area contributed by atoms with Crippen molar-refractivity contribution in [3.05, 3.63) is 135 Å². The molecule has 12 heteroatoms. The van der Waals surface area contributed by atoms with E-state index in [0.717, 1.165) is 15.2 Å². The van der Waals surface area contributed by atoms with E-state index in [4.69, 9.17) is 9.15 Å². The number of amides is 2.